The van der Waals surface area contributed by atoms with E-state index in [1.165, 1.54) is 16.3 Å². The van der Waals surface area contributed by atoms with Gasteiger partial charge in [0.15, 0.2) is 0 Å². The van der Waals surface area contributed by atoms with Gasteiger partial charge in [0, 0.05) is 12.0 Å². The monoisotopic (exact) mass is 438 g/mol. The summed E-state index contributed by atoms with van der Waals surface area (Å²) in [5.74, 6) is 1.46. The number of ether oxygens (including phenoxy) is 1. The van der Waals surface area contributed by atoms with E-state index in [0.717, 1.165) is 39.1 Å². The van der Waals surface area contributed by atoms with Crippen molar-refractivity contribution in [3.63, 3.8) is 0 Å². The molecule has 0 aliphatic carbocycles. The normalized spacial score (nSPS) is 11.4. The van der Waals surface area contributed by atoms with Gasteiger partial charge in [-0.2, -0.15) is 14.7 Å². The Morgan fingerprint density at radius 2 is 1.81 bits per heavy atom. The molecule has 8 heteroatoms. The highest BCUT2D eigenvalue weighted by molar-refractivity contribution is 7.16. The number of H-pyrrole nitrogens is 1. The van der Waals surface area contributed by atoms with Gasteiger partial charge in [-0.3, -0.25) is 5.10 Å². The number of rotatable bonds is 5. The Labute approximate surface area is 187 Å². The number of nitrogens with one attached hydrogen (secondary N) is 1. The zero-order valence-corrected chi connectivity index (χ0v) is 18.0. The number of hydrogen-bond acceptors (Lipinski definition) is 6. The smallest absolute Gasteiger partial charge is 0.235 e. The van der Waals surface area contributed by atoms with Gasteiger partial charge in [0.2, 0.25) is 10.8 Å². The van der Waals surface area contributed by atoms with Crippen LogP contribution in [-0.4, -0.2) is 37.1 Å². The van der Waals surface area contributed by atoms with Crippen molar-refractivity contribution in [2.45, 2.75) is 6.42 Å². The van der Waals surface area contributed by atoms with Gasteiger partial charge >= 0.3 is 0 Å². The fraction of sp³-hybridized carbons (Fsp3) is 0.0833. The molecule has 0 atom stereocenters. The van der Waals surface area contributed by atoms with Gasteiger partial charge in [0.1, 0.15) is 16.5 Å². The van der Waals surface area contributed by atoms with Crippen LogP contribution < -0.4 is 4.74 Å². The summed E-state index contributed by atoms with van der Waals surface area (Å²) in [7, 11) is 1.65. The molecule has 0 saturated carbocycles. The SMILES string of the molecule is COc1ccc(-c2cc(-c3nnc4sc(Cc5cccc6ccccc56)nn34)[nH]n2)cc1. The van der Waals surface area contributed by atoms with E-state index < -0.39 is 0 Å². The van der Waals surface area contributed by atoms with E-state index in [1.54, 1.807) is 23.0 Å². The minimum absolute atomic E-state index is 0.646. The highest BCUT2D eigenvalue weighted by atomic mass is 32.1. The molecule has 6 rings (SSSR count). The van der Waals surface area contributed by atoms with Crippen molar-refractivity contribution < 1.29 is 4.74 Å². The molecule has 0 bridgehead atoms. The van der Waals surface area contributed by atoms with Gasteiger partial charge in [0.05, 0.1) is 12.8 Å². The van der Waals surface area contributed by atoms with Crippen LogP contribution in [-0.2, 0) is 6.42 Å². The summed E-state index contributed by atoms with van der Waals surface area (Å²) in [4.78, 5) is 0.760. The molecular weight excluding hydrogens is 420 g/mol. The average molecular weight is 439 g/mol. The van der Waals surface area contributed by atoms with Gasteiger partial charge in [-0.25, -0.2) is 0 Å². The van der Waals surface area contributed by atoms with Crippen molar-refractivity contribution in [3.05, 3.63) is 83.4 Å². The lowest BCUT2D eigenvalue weighted by atomic mass is 10.0. The van der Waals surface area contributed by atoms with E-state index in [1.807, 2.05) is 30.3 Å². The number of aromatic nitrogens is 6. The number of benzene rings is 3. The van der Waals surface area contributed by atoms with Crippen LogP contribution in [0.3, 0.4) is 0 Å². The summed E-state index contributed by atoms with van der Waals surface area (Å²) in [6.45, 7) is 0. The summed E-state index contributed by atoms with van der Waals surface area (Å²) in [5.41, 5.74) is 3.83. The largest absolute Gasteiger partial charge is 0.497 e. The van der Waals surface area contributed by atoms with Crippen LogP contribution in [0, 0.1) is 0 Å². The molecule has 0 saturated heterocycles. The first-order valence-electron chi connectivity index (χ1n) is 10.2. The Kier molecular flexibility index (Phi) is 4.43. The summed E-state index contributed by atoms with van der Waals surface area (Å²) in [5, 5.41) is 24.4. The minimum Gasteiger partial charge on any atom is -0.497 e. The summed E-state index contributed by atoms with van der Waals surface area (Å²) < 4.78 is 7.02. The Morgan fingerprint density at radius 3 is 2.69 bits per heavy atom. The van der Waals surface area contributed by atoms with Crippen molar-refractivity contribution in [2.24, 2.45) is 0 Å². The Bertz CT molecular complexity index is 1540. The number of aromatic amines is 1. The third kappa shape index (κ3) is 3.21. The summed E-state index contributed by atoms with van der Waals surface area (Å²) >= 11 is 1.55. The number of nitrogens with zero attached hydrogens (tertiary/aromatic N) is 5. The maximum Gasteiger partial charge on any atom is 0.235 e. The molecule has 3 aromatic carbocycles. The van der Waals surface area contributed by atoms with Crippen molar-refractivity contribution in [1.29, 1.82) is 0 Å². The molecule has 6 aromatic rings. The lowest BCUT2D eigenvalue weighted by Crippen LogP contribution is -1.94. The summed E-state index contributed by atoms with van der Waals surface area (Å²) in [6.07, 6.45) is 0.745. The predicted molar refractivity (Wildman–Crippen MR) is 125 cm³/mol. The van der Waals surface area contributed by atoms with Crippen molar-refractivity contribution in [3.8, 4) is 28.5 Å². The number of methoxy groups -OCH3 is 1. The van der Waals surface area contributed by atoms with Crippen LogP contribution in [0.2, 0.25) is 0 Å². The highest BCUT2D eigenvalue weighted by Crippen LogP contribution is 2.27. The van der Waals surface area contributed by atoms with Crippen LogP contribution in [0.15, 0.2) is 72.8 Å². The molecular formula is C24H18N6OS. The molecule has 0 radical (unpaired) electrons. The third-order valence-electron chi connectivity index (χ3n) is 5.46. The van der Waals surface area contributed by atoms with Gasteiger partial charge < -0.3 is 4.74 Å². The second kappa shape index (κ2) is 7.58. The zero-order chi connectivity index (χ0) is 21.5. The maximum atomic E-state index is 5.23. The van der Waals surface area contributed by atoms with E-state index in [4.69, 9.17) is 9.84 Å². The molecule has 32 heavy (non-hydrogen) atoms. The lowest BCUT2D eigenvalue weighted by molar-refractivity contribution is 0.415. The topological polar surface area (TPSA) is 81.0 Å². The van der Waals surface area contributed by atoms with Crippen molar-refractivity contribution >= 4 is 27.1 Å². The molecule has 0 amide bonds. The first kappa shape index (κ1) is 18.7. The minimum atomic E-state index is 0.646. The maximum absolute atomic E-state index is 5.23. The van der Waals surface area contributed by atoms with E-state index in [2.05, 4.69) is 62.9 Å². The molecule has 156 valence electrons. The second-order valence-corrected chi connectivity index (χ2v) is 8.46. The molecule has 7 nitrogen and oxygen atoms in total. The van der Waals surface area contributed by atoms with Crippen molar-refractivity contribution in [2.75, 3.05) is 7.11 Å². The van der Waals surface area contributed by atoms with E-state index in [9.17, 15) is 0 Å². The fourth-order valence-electron chi connectivity index (χ4n) is 3.85. The second-order valence-electron chi connectivity index (χ2n) is 7.42. The first-order chi connectivity index (χ1) is 15.8. The van der Waals surface area contributed by atoms with E-state index in [0.29, 0.717) is 5.82 Å². The molecule has 0 aliphatic rings. The lowest BCUT2D eigenvalue weighted by Gasteiger charge is -2.04. The van der Waals surface area contributed by atoms with Gasteiger partial charge in [-0.05, 0) is 46.7 Å². The third-order valence-corrected chi connectivity index (χ3v) is 6.36. The Morgan fingerprint density at radius 1 is 0.969 bits per heavy atom. The van der Waals surface area contributed by atoms with E-state index in [-0.39, 0.29) is 0 Å². The van der Waals surface area contributed by atoms with Gasteiger partial charge in [0.25, 0.3) is 0 Å². The van der Waals surface area contributed by atoms with Crippen LogP contribution in [0.4, 0.5) is 0 Å². The molecule has 0 aliphatic heterocycles. The van der Waals surface area contributed by atoms with Gasteiger partial charge in [-0.1, -0.05) is 53.8 Å². The molecule has 3 heterocycles. The fourth-order valence-corrected chi connectivity index (χ4v) is 4.71. The quantitative estimate of drug-likeness (QED) is 0.410. The molecule has 1 N–H and O–H groups in total. The number of hydrogen-bond donors (Lipinski definition) is 1. The highest BCUT2D eigenvalue weighted by Gasteiger charge is 2.17. The van der Waals surface area contributed by atoms with Crippen LogP contribution in [0.5, 0.6) is 5.75 Å². The van der Waals surface area contributed by atoms with Gasteiger partial charge in [-0.15, -0.1) is 10.2 Å². The molecule has 0 fully saturated rings. The van der Waals surface area contributed by atoms with Crippen LogP contribution >= 0.6 is 11.3 Å². The molecule has 0 spiro atoms. The Hall–Kier alpha value is -4.04. The first-order valence-corrected chi connectivity index (χ1v) is 11.0. The number of fused-ring (bicyclic) bond motifs is 2. The molecule has 3 aromatic heterocycles. The standard InChI is InChI=1S/C24H18N6OS/c1-31-18-11-9-16(10-12-18)20-14-21(26-25-20)23-27-28-24-30(23)29-22(32-24)13-17-7-4-6-15-5-2-3-8-19(15)17/h2-12,14H,13H2,1H3,(H,25,26). The van der Waals surface area contributed by atoms with Crippen LogP contribution in [0.25, 0.3) is 38.5 Å². The predicted octanol–water partition coefficient (Wildman–Crippen LogP) is 5.00. The Balaban J connectivity index is 1.32. The molecule has 0 unspecified atom stereocenters. The van der Waals surface area contributed by atoms with Crippen LogP contribution in [0.1, 0.15) is 10.6 Å². The van der Waals surface area contributed by atoms with E-state index >= 15 is 0 Å². The summed E-state index contributed by atoms with van der Waals surface area (Å²) in [6, 6.07) is 24.5. The average Bonchev–Trinajstić information content (AvgIpc) is 3.56. The van der Waals surface area contributed by atoms with Crippen molar-refractivity contribution in [1.82, 2.24) is 30.0 Å². The zero-order valence-electron chi connectivity index (χ0n) is 17.2.